The summed E-state index contributed by atoms with van der Waals surface area (Å²) in [4.78, 5) is 9.04. The Labute approximate surface area is 106 Å². The largest absolute Gasteiger partial charge is 0.237 e. The van der Waals surface area contributed by atoms with Gasteiger partial charge in [-0.15, -0.1) is 0 Å². The highest BCUT2D eigenvalue weighted by atomic mass is 14.8. The van der Waals surface area contributed by atoms with Crippen molar-refractivity contribution < 1.29 is 0 Å². The van der Waals surface area contributed by atoms with E-state index < -0.39 is 0 Å². The molecule has 3 aromatic rings. The van der Waals surface area contributed by atoms with Crippen LogP contribution < -0.4 is 0 Å². The summed E-state index contributed by atoms with van der Waals surface area (Å²) >= 11 is 0. The SMILES string of the molecule is CCc1cc2cccnc2nc1-c1ccccc1. The molecule has 3 rings (SSSR count). The fourth-order valence-corrected chi connectivity index (χ4v) is 2.16. The molecule has 0 spiro atoms. The maximum Gasteiger partial charge on any atom is 0.159 e. The molecular formula is C16H14N2. The van der Waals surface area contributed by atoms with Crippen LogP contribution in [0.15, 0.2) is 54.7 Å². The van der Waals surface area contributed by atoms with Crippen molar-refractivity contribution in [2.24, 2.45) is 0 Å². The van der Waals surface area contributed by atoms with E-state index in [2.05, 4.69) is 36.2 Å². The average Bonchev–Trinajstić information content (AvgIpc) is 2.46. The van der Waals surface area contributed by atoms with Crippen molar-refractivity contribution in [2.45, 2.75) is 13.3 Å². The number of fused-ring (bicyclic) bond motifs is 1. The van der Waals surface area contributed by atoms with E-state index in [4.69, 9.17) is 4.98 Å². The van der Waals surface area contributed by atoms with Gasteiger partial charge in [-0.1, -0.05) is 37.3 Å². The molecule has 2 nitrogen and oxygen atoms in total. The van der Waals surface area contributed by atoms with E-state index in [0.717, 1.165) is 28.7 Å². The van der Waals surface area contributed by atoms with Crippen molar-refractivity contribution in [3.05, 3.63) is 60.3 Å². The number of rotatable bonds is 2. The lowest BCUT2D eigenvalue weighted by Gasteiger charge is -2.08. The van der Waals surface area contributed by atoms with Crippen molar-refractivity contribution in [2.75, 3.05) is 0 Å². The van der Waals surface area contributed by atoms with Gasteiger partial charge in [0.15, 0.2) is 5.65 Å². The fraction of sp³-hybridized carbons (Fsp3) is 0.125. The Balaban J connectivity index is 2.27. The standard InChI is InChI=1S/C16H14N2/c1-2-12-11-14-9-6-10-17-16(14)18-15(12)13-7-4-3-5-8-13/h3-11H,2H2,1H3. The highest BCUT2D eigenvalue weighted by Gasteiger charge is 2.07. The Kier molecular flexibility index (Phi) is 2.77. The van der Waals surface area contributed by atoms with E-state index in [1.54, 1.807) is 6.20 Å². The molecule has 0 aliphatic carbocycles. The lowest BCUT2D eigenvalue weighted by Crippen LogP contribution is -1.94. The van der Waals surface area contributed by atoms with Crippen molar-refractivity contribution >= 4 is 11.0 Å². The summed E-state index contributed by atoms with van der Waals surface area (Å²) in [6.45, 7) is 2.16. The summed E-state index contributed by atoms with van der Waals surface area (Å²) in [5, 5.41) is 1.11. The van der Waals surface area contributed by atoms with Crippen molar-refractivity contribution in [1.29, 1.82) is 0 Å². The van der Waals surface area contributed by atoms with Gasteiger partial charge in [-0.25, -0.2) is 9.97 Å². The Morgan fingerprint density at radius 1 is 1.00 bits per heavy atom. The van der Waals surface area contributed by atoms with Crippen LogP contribution in [0.1, 0.15) is 12.5 Å². The Bertz CT molecular complexity index is 675. The Hall–Kier alpha value is -2.22. The number of pyridine rings is 2. The summed E-state index contributed by atoms with van der Waals surface area (Å²) in [7, 11) is 0. The van der Waals surface area contributed by atoms with Crippen LogP contribution in [0.4, 0.5) is 0 Å². The summed E-state index contributed by atoms with van der Waals surface area (Å²) in [6, 6.07) is 16.5. The molecule has 88 valence electrons. The minimum atomic E-state index is 0.813. The van der Waals surface area contributed by atoms with Gasteiger partial charge in [-0.3, -0.25) is 0 Å². The normalized spacial score (nSPS) is 10.7. The van der Waals surface area contributed by atoms with Gasteiger partial charge in [-0.05, 0) is 30.2 Å². The van der Waals surface area contributed by atoms with Gasteiger partial charge in [0.25, 0.3) is 0 Å². The number of aromatic nitrogens is 2. The molecule has 0 N–H and O–H groups in total. The van der Waals surface area contributed by atoms with E-state index in [9.17, 15) is 0 Å². The van der Waals surface area contributed by atoms with E-state index in [0.29, 0.717) is 0 Å². The molecular weight excluding hydrogens is 220 g/mol. The quantitative estimate of drug-likeness (QED) is 0.673. The molecule has 0 unspecified atom stereocenters. The average molecular weight is 234 g/mol. The Morgan fingerprint density at radius 2 is 1.83 bits per heavy atom. The molecule has 1 aromatic carbocycles. The first-order valence-electron chi connectivity index (χ1n) is 6.18. The zero-order valence-corrected chi connectivity index (χ0v) is 10.3. The molecule has 18 heavy (non-hydrogen) atoms. The third-order valence-electron chi connectivity index (χ3n) is 3.10. The molecule has 0 fully saturated rings. The highest BCUT2D eigenvalue weighted by molar-refractivity contribution is 5.80. The Morgan fingerprint density at radius 3 is 2.61 bits per heavy atom. The molecule has 0 aliphatic heterocycles. The van der Waals surface area contributed by atoms with Crippen LogP contribution in [0.5, 0.6) is 0 Å². The fourth-order valence-electron chi connectivity index (χ4n) is 2.16. The third-order valence-corrected chi connectivity index (χ3v) is 3.10. The van der Waals surface area contributed by atoms with E-state index in [1.807, 2.05) is 24.3 Å². The van der Waals surface area contributed by atoms with Gasteiger partial charge >= 0.3 is 0 Å². The van der Waals surface area contributed by atoms with Gasteiger partial charge in [0, 0.05) is 17.1 Å². The van der Waals surface area contributed by atoms with Crippen LogP contribution in [0.25, 0.3) is 22.3 Å². The molecule has 0 bridgehead atoms. The van der Waals surface area contributed by atoms with Crippen LogP contribution >= 0.6 is 0 Å². The van der Waals surface area contributed by atoms with Gasteiger partial charge in [0.2, 0.25) is 0 Å². The van der Waals surface area contributed by atoms with Crippen LogP contribution in [0, 0.1) is 0 Å². The van der Waals surface area contributed by atoms with Crippen molar-refractivity contribution in [1.82, 2.24) is 9.97 Å². The first-order valence-corrected chi connectivity index (χ1v) is 6.18. The first kappa shape index (κ1) is 10.9. The summed E-state index contributed by atoms with van der Waals surface area (Å²) in [6.07, 6.45) is 2.76. The van der Waals surface area contributed by atoms with Crippen LogP contribution in [0.2, 0.25) is 0 Å². The molecule has 0 aliphatic rings. The maximum absolute atomic E-state index is 4.71. The molecule has 0 atom stereocenters. The van der Waals surface area contributed by atoms with Crippen LogP contribution in [-0.4, -0.2) is 9.97 Å². The summed E-state index contributed by atoms with van der Waals surface area (Å²) in [5.41, 5.74) is 4.28. The second-order valence-electron chi connectivity index (χ2n) is 4.27. The molecule has 2 aromatic heterocycles. The molecule has 0 amide bonds. The van der Waals surface area contributed by atoms with Crippen LogP contribution in [-0.2, 0) is 6.42 Å². The predicted molar refractivity (Wildman–Crippen MR) is 74.4 cm³/mol. The first-order chi connectivity index (χ1) is 8.88. The second kappa shape index (κ2) is 4.57. The predicted octanol–water partition coefficient (Wildman–Crippen LogP) is 3.86. The number of hydrogen-bond donors (Lipinski definition) is 0. The molecule has 0 radical (unpaired) electrons. The number of benzene rings is 1. The lowest BCUT2D eigenvalue weighted by atomic mass is 10.0. The van der Waals surface area contributed by atoms with Gasteiger partial charge in [-0.2, -0.15) is 0 Å². The van der Waals surface area contributed by atoms with E-state index in [1.165, 1.54) is 5.56 Å². The van der Waals surface area contributed by atoms with Crippen molar-refractivity contribution in [3.63, 3.8) is 0 Å². The molecule has 0 saturated heterocycles. The van der Waals surface area contributed by atoms with E-state index >= 15 is 0 Å². The molecule has 2 heterocycles. The summed E-state index contributed by atoms with van der Waals surface area (Å²) in [5.74, 6) is 0. The number of hydrogen-bond acceptors (Lipinski definition) is 2. The molecule has 2 heteroatoms. The topological polar surface area (TPSA) is 25.8 Å². The monoisotopic (exact) mass is 234 g/mol. The van der Waals surface area contributed by atoms with Crippen LogP contribution in [0.3, 0.4) is 0 Å². The summed E-state index contributed by atoms with van der Waals surface area (Å²) < 4.78 is 0. The van der Waals surface area contributed by atoms with Crippen molar-refractivity contribution in [3.8, 4) is 11.3 Å². The minimum absolute atomic E-state index is 0.813. The van der Waals surface area contributed by atoms with Gasteiger partial charge in [0.1, 0.15) is 0 Å². The maximum atomic E-state index is 4.71. The van der Waals surface area contributed by atoms with Gasteiger partial charge < -0.3 is 0 Å². The second-order valence-corrected chi connectivity index (χ2v) is 4.27. The minimum Gasteiger partial charge on any atom is -0.237 e. The van der Waals surface area contributed by atoms with Gasteiger partial charge in [0.05, 0.1) is 5.69 Å². The smallest absolute Gasteiger partial charge is 0.159 e. The number of aryl methyl sites for hydroxylation is 1. The lowest BCUT2D eigenvalue weighted by molar-refractivity contribution is 1.12. The highest BCUT2D eigenvalue weighted by Crippen LogP contribution is 2.24. The third kappa shape index (κ3) is 1.86. The van der Waals surface area contributed by atoms with E-state index in [-0.39, 0.29) is 0 Å². The number of nitrogens with zero attached hydrogens (tertiary/aromatic N) is 2. The molecule has 0 saturated carbocycles. The zero-order valence-electron chi connectivity index (χ0n) is 10.3. The zero-order chi connectivity index (χ0) is 12.4.